The Balaban J connectivity index is 1.49. The standard InChI is InChI=1S/C22H26ClN3O4/c1-29-19-6-4-3-5-17(19)25-22(28)15-9-11-26(12-10-15)14-21(27)24-18-13-16(23)7-8-20(18)30-2/h3-8,13,15H,9-12,14H2,1-2H3,(H,24,27)(H,25,28). The van der Waals surface area contributed by atoms with Gasteiger partial charge in [-0.25, -0.2) is 0 Å². The van der Waals surface area contributed by atoms with Gasteiger partial charge < -0.3 is 20.1 Å². The van der Waals surface area contributed by atoms with Crippen molar-refractivity contribution in [1.82, 2.24) is 4.90 Å². The van der Waals surface area contributed by atoms with Gasteiger partial charge in [0, 0.05) is 10.9 Å². The number of amides is 2. The molecule has 30 heavy (non-hydrogen) atoms. The lowest BCUT2D eigenvalue weighted by molar-refractivity contribution is -0.121. The molecule has 1 aliphatic heterocycles. The van der Waals surface area contributed by atoms with Gasteiger partial charge in [-0.2, -0.15) is 0 Å². The molecular formula is C22H26ClN3O4. The maximum Gasteiger partial charge on any atom is 0.238 e. The van der Waals surface area contributed by atoms with Crippen LogP contribution >= 0.6 is 11.6 Å². The van der Waals surface area contributed by atoms with Gasteiger partial charge in [0.05, 0.1) is 32.1 Å². The molecule has 2 aromatic rings. The second kappa shape index (κ2) is 10.3. The van der Waals surface area contributed by atoms with Crippen LogP contribution in [0.5, 0.6) is 11.5 Å². The van der Waals surface area contributed by atoms with Crippen molar-refractivity contribution in [3.63, 3.8) is 0 Å². The van der Waals surface area contributed by atoms with E-state index in [-0.39, 0.29) is 24.3 Å². The first-order valence-corrected chi connectivity index (χ1v) is 10.2. The molecule has 7 nitrogen and oxygen atoms in total. The molecular weight excluding hydrogens is 406 g/mol. The molecule has 1 heterocycles. The van der Waals surface area contributed by atoms with Gasteiger partial charge in [-0.05, 0) is 56.3 Å². The van der Waals surface area contributed by atoms with Crippen LogP contribution in [0.15, 0.2) is 42.5 Å². The number of likely N-dealkylation sites (tertiary alicyclic amines) is 1. The number of ether oxygens (including phenoxy) is 2. The van der Waals surface area contributed by atoms with E-state index in [1.54, 1.807) is 32.4 Å². The Labute approximate surface area is 181 Å². The molecule has 1 aliphatic rings. The quantitative estimate of drug-likeness (QED) is 0.699. The molecule has 160 valence electrons. The van der Waals surface area contributed by atoms with Gasteiger partial charge in [-0.15, -0.1) is 0 Å². The van der Waals surface area contributed by atoms with Crippen LogP contribution < -0.4 is 20.1 Å². The van der Waals surface area contributed by atoms with Crippen LogP contribution in [0.1, 0.15) is 12.8 Å². The molecule has 0 aromatic heterocycles. The molecule has 8 heteroatoms. The summed E-state index contributed by atoms with van der Waals surface area (Å²) in [5.74, 6) is 0.929. The van der Waals surface area contributed by atoms with E-state index in [1.165, 1.54) is 0 Å². The highest BCUT2D eigenvalue weighted by molar-refractivity contribution is 6.31. The number of carbonyl (C=O) groups is 2. The largest absolute Gasteiger partial charge is 0.495 e. The topological polar surface area (TPSA) is 79.9 Å². The lowest BCUT2D eigenvalue weighted by atomic mass is 9.95. The van der Waals surface area contributed by atoms with Crippen LogP contribution in [0.25, 0.3) is 0 Å². The van der Waals surface area contributed by atoms with Crippen molar-refractivity contribution in [3.05, 3.63) is 47.5 Å². The zero-order valence-electron chi connectivity index (χ0n) is 17.1. The predicted molar refractivity (Wildman–Crippen MR) is 117 cm³/mol. The van der Waals surface area contributed by atoms with Crippen LogP contribution in [0.2, 0.25) is 5.02 Å². The molecule has 1 fully saturated rings. The summed E-state index contributed by atoms with van der Waals surface area (Å²) in [5, 5.41) is 6.32. The van der Waals surface area contributed by atoms with E-state index in [9.17, 15) is 9.59 Å². The Morgan fingerprint density at radius 1 is 1.00 bits per heavy atom. The summed E-state index contributed by atoms with van der Waals surface area (Å²) in [6.45, 7) is 1.59. The first-order valence-electron chi connectivity index (χ1n) is 9.79. The van der Waals surface area contributed by atoms with Gasteiger partial charge in [0.25, 0.3) is 0 Å². The number of nitrogens with one attached hydrogen (secondary N) is 2. The highest BCUT2D eigenvalue weighted by atomic mass is 35.5. The molecule has 0 atom stereocenters. The van der Waals surface area contributed by atoms with Crippen LogP contribution in [-0.4, -0.2) is 50.6 Å². The smallest absolute Gasteiger partial charge is 0.238 e. The molecule has 2 aromatic carbocycles. The van der Waals surface area contributed by atoms with Crippen molar-refractivity contribution in [2.45, 2.75) is 12.8 Å². The fraction of sp³-hybridized carbons (Fsp3) is 0.364. The number of halogens is 1. The molecule has 0 radical (unpaired) electrons. The summed E-state index contributed by atoms with van der Waals surface area (Å²) in [7, 11) is 3.12. The number of hydrogen-bond donors (Lipinski definition) is 2. The predicted octanol–water partition coefficient (Wildman–Crippen LogP) is 3.65. The van der Waals surface area contributed by atoms with E-state index < -0.39 is 0 Å². The lowest BCUT2D eigenvalue weighted by Gasteiger charge is -2.30. The van der Waals surface area contributed by atoms with Crippen molar-refractivity contribution in [3.8, 4) is 11.5 Å². The molecule has 2 N–H and O–H groups in total. The maximum atomic E-state index is 12.6. The summed E-state index contributed by atoms with van der Waals surface area (Å²) in [6, 6.07) is 12.4. The van der Waals surface area contributed by atoms with Gasteiger partial charge in [0.2, 0.25) is 11.8 Å². The molecule has 3 rings (SSSR count). The fourth-order valence-corrected chi connectivity index (χ4v) is 3.68. The average Bonchev–Trinajstić information content (AvgIpc) is 2.74. The summed E-state index contributed by atoms with van der Waals surface area (Å²) in [5.41, 5.74) is 1.21. The second-order valence-corrected chi connectivity index (χ2v) is 7.57. The Bertz CT molecular complexity index is 898. The van der Waals surface area contributed by atoms with Gasteiger partial charge in [-0.3, -0.25) is 14.5 Å². The molecule has 0 bridgehead atoms. The Kier molecular flexibility index (Phi) is 7.54. The zero-order chi connectivity index (χ0) is 21.5. The third-order valence-electron chi connectivity index (χ3n) is 5.13. The van der Waals surface area contributed by atoms with Crippen molar-refractivity contribution < 1.29 is 19.1 Å². The minimum atomic E-state index is -0.146. The van der Waals surface area contributed by atoms with E-state index in [4.69, 9.17) is 21.1 Å². The monoisotopic (exact) mass is 431 g/mol. The van der Waals surface area contributed by atoms with Gasteiger partial charge >= 0.3 is 0 Å². The number of carbonyl (C=O) groups excluding carboxylic acids is 2. The Morgan fingerprint density at radius 2 is 1.67 bits per heavy atom. The highest BCUT2D eigenvalue weighted by Crippen LogP contribution is 2.28. The molecule has 0 unspecified atom stereocenters. The summed E-state index contributed by atoms with van der Waals surface area (Å²) in [4.78, 5) is 27.1. The molecule has 0 spiro atoms. The number of methoxy groups -OCH3 is 2. The Hall–Kier alpha value is -2.77. The fourth-order valence-electron chi connectivity index (χ4n) is 3.51. The number of nitrogens with zero attached hydrogens (tertiary/aromatic N) is 1. The highest BCUT2D eigenvalue weighted by Gasteiger charge is 2.26. The van der Waals surface area contributed by atoms with Gasteiger partial charge in [-0.1, -0.05) is 23.7 Å². The number of hydrogen-bond acceptors (Lipinski definition) is 5. The van der Waals surface area contributed by atoms with Crippen molar-refractivity contribution in [1.29, 1.82) is 0 Å². The summed E-state index contributed by atoms with van der Waals surface area (Å²) < 4.78 is 10.5. The van der Waals surface area contributed by atoms with E-state index in [0.29, 0.717) is 53.8 Å². The molecule has 0 aliphatic carbocycles. The number of rotatable bonds is 7. The van der Waals surface area contributed by atoms with Crippen molar-refractivity contribution in [2.24, 2.45) is 5.92 Å². The minimum absolute atomic E-state index is 0.0211. The molecule has 2 amide bonds. The first-order chi connectivity index (χ1) is 14.5. The van der Waals surface area contributed by atoms with Crippen LogP contribution in [0.3, 0.4) is 0 Å². The summed E-state index contributed by atoms with van der Waals surface area (Å²) in [6.07, 6.45) is 1.38. The normalized spacial score (nSPS) is 14.8. The lowest BCUT2D eigenvalue weighted by Crippen LogP contribution is -2.41. The van der Waals surface area contributed by atoms with Crippen molar-refractivity contribution >= 4 is 34.8 Å². The van der Waals surface area contributed by atoms with Crippen molar-refractivity contribution in [2.75, 3.05) is 44.5 Å². The third kappa shape index (κ3) is 5.64. The number of anilines is 2. The molecule has 1 saturated heterocycles. The number of benzene rings is 2. The van der Waals surface area contributed by atoms with E-state index in [1.807, 2.05) is 29.2 Å². The SMILES string of the molecule is COc1ccc(Cl)cc1NC(=O)CN1CCC(C(=O)Nc2ccccc2OC)CC1. The minimum Gasteiger partial charge on any atom is -0.495 e. The van der Waals surface area contributed by atoms with E-state index >= 15 is 0 Å². The van der Waals surface area contributed by atoms with Crippen LogP contribution in [0.4, 0.5) is 11.4 Å². The second-order valence-electron chi connectivity index (χ2n) is 7.13. The number of para-hydroxylation sites is 2. The van der Waals surface area contributed by atoms with Crippen LogP contribution in [0, 0.1) is 5.92 Å². The Morgan fingerprint density at radius 3 is 2.37 bits per heavy atom. The third-order valence-corrected chi connectivity index (χ3v) is 5.36. The first kappa shape index (κ1) is 21.9. The zero-order valence-corrected chi connectivity index (χ0v) is 17.9. The van der Waals surface area contributed by atoms with Gasteiger partial charge in [0.1, 0.15) is 11.5 Å². The maximum absolute atomic E-state index is 12.6. The van der Waals surface area contributed by atoms with Gasteiger partial charge in [0.15, 0.2) is 0 Å². The van der Waals surface area contributed by atoms with E-state index in [2.05, 4.69) is 10.6 Å². The average molecular weight is 432 g/mol. The number of piperidine rings is 1. The van der Waals surface area contributed by atoms with E-state index in [0.717, 1.165) is 0 Å². The van der Waals surface area contributed by atoms with Crippen LogP contribution in [-0.2, 0) is 9.59 Å². The summed E-state index contributed by atoms with van der Waals surface area (Å²) >= 11 is 6.01. The molecule has 0 saturated carbocycles.